The first-order chi connectivity index (χ1) is 18.1. The van der Waals surface area contributed by atoms with Crippen LogP contribution >= 0.6 is 11.8 Å². The summed E-state index contributed by atoms with van der Waals surface area (Å²) in [4.78, 5) is 0.0269. The first-order valence-corrected chi connectivity index (χ1v) is 15.8. The van der Waals surface area contributed by atoms with E-state index in [4.69, 9.17) is 17.8 Å². The van der Waals surface area contributed by atoms with Gasteiger partial charge in [-0.2, -0.15) is 16.8 Å². The average molecular weight is 579 g/mol. The van der Waals surface area contributed by atoms with E-state index < -0.39 is 44.0 Å². The third-order valence-electron chi connectivity index (χ3n) is 6.03. The summed E-state index contributed by atoms with van der Waals surface area (Å²) < 4.78 is 74.4. The lowest BCUT2D eigenvalue weighted by atomic mass is 10.2. The fourth-order valence-electron chi connectivity index (χ4n) is 3.92. The molecule has 1 saturated heterocycles. The molecule has 0 amide bonds. The number of ether oxygens (including phenoxy) is 2. The van der Waals surface area contributed by atoms with E-state index in [0.717, 1.165) is 16.7 Å². The van der Waals surface area contributed by atoms with Crippen LogP contribution in [-0.4, -0.2) is 54.3 Å². The number of methoxy groups -OCH3 is 1. The lowest BCUT2D eigenvalue weighted by molar-refractivity contribution is -0.146. The maximum absolute atomic E-state index is 13.1. The normalized spacial score (nSPS) is 22.0. The molecule has 1 aliphatic heterocycles. The predicted molar refractivity (Wildman–Crippen MR) is 145 cm³/mol. The van der Waals surface area contributed by atoms with Gasteiger partial charge in [0.2, 0.25) is 0 Å². The summed E-state index contributed by atoms with van der Waals surface area (Å²) >= 11 is 1.39. The molecule has 0 N–H and O–H groups in total. The lowest BCUT2D eigenvalue weighted by Gasteiger charge is -2.23. The van der Waals surface area contributed by atoms with E-state index >= 15 is 0 Å². The number of hydrogen-bond acceptors (Lipinski definition) is 9. The molecule has 0 radical (unpaired) electrons. The monoisotopic (exact) mass is 578 g/mol. The molecule has 0 spiro atoms. The van der Waals surface area contributed by atoms with Crippen LogP contribution in [-0.2, 0) is 43.8 Å². The highest BCUT2D eigenvalue weighted by molar-refractivity contribution is 7.99. The van der Waals surface area contributed by atoms with Gasteiger partial charge in [0, 0.05) is 12.9 Å². The van der Waals surface area contributed by atoms with Crippen molar-refractivity contribution in [2.24, 2.45) is 0 Å². The van der Waals surface area contributed by atoms with E-state index in [1.807, 2.05) is 44.2 Å². The minimum atomic E-state index is -4.17. The van der Waals surface area contributed by atoms with Crippen LogP contribution < -0.4 is 0 Å². The summed E-state index contributed by atoms with van der Waals surface area (Å²) in [6.45, 7) is 3.37. The van der Waals surface area contributed by atoms with Gasteiger partial charge < -0.3 is 9.47 Å². The van der Waals surface area contributed by atoms with Gasteiger partial charge >= 0.3 is 0 Å². The molecule has 8 nitrogen and oxygen atoms in total. The molecule has 0 aromatic heterocycles. The third kappa shape index (κ3) is 7.03. The average Bonchev–Trinajstić information content (AvgIpc) is 3.23. The maximum Gasteiger partial charge on any atom is 0.297 e. The van der Waals surface area contributed by atoms with Crippen molar-refractivity contribution >= 4 is 32.0 Å². The number of hydrogen-bond donors (Lipinski definition) is 0. The highest BCUT2D eigenvalue weighted by Gasteiger charge is 2.49. The first kappa shape index (κ1) is 28.8. The Labute approximate surface area is 228 Å². The number of thioether (sulfide) groups is 1. The maximum atomic E-state index is 13.1. The second-order valence-corrected chi connectivity index (χ2v) is 13.3. The SMILES string of the molecule is COC1OC(COS(=O)(=O)c2ccc(C)cc2)C(SCc2ccccc2)C1OS(=O)(=O)c1ccc(C)cc1. The number of benzene rings is 3. The fourth-order valence-corrected chi connectivity index (χ4v) is 7.30. The second kappa shape index (κ2) is 12.3. The summed E-state index contributed by atoms with van der Waals surface area (Å²) in [7, 11) is -6.85. The Balaban J connectivity index is 1.57. The molecule has 3 aromatic carbocycles. The van der Waals surface area contributed by atoms with Gasteiger partial charge in [0.1, 0.15) is 12.2 Å². The Morgan fingerprint density at radius 1 is 0.789 bits per heavy atom. The van der Waals surface area contributed by atoms with Gasteiger partial charge in [-0.25, -0.2) is 0 Å². The van der Waals surface area contributed by atoms with Crippen molar-refractivity contribution in [2.45, 2.75) is 53.1 Å². The Hall–Kier alpha value is -2.25. The number of rotatable bonds is 11. The minimum absolute atomic E-state index is 0.00594. The quantitative estimate of drug-likeness (QED) is 0.305. The van der Waals surface area contributed by atoms with Crippen LogP contribution in [0.2, 0.25) is 0 Å². The summed E-state index contributed by atoms with van der Waals surface area (Å²) in [6.07, 6.45) is -2.93. The van der Waals surface area contributed by atoms with E-state index in [1.54, 1.807) is 24.3 Å². The van der Waals surface area contributed by atoms with E-state index in [2.05, 4.69) is 0 Å². The molecule has 204 valence electrons. The summed E-state index contributed by atoms with van der Waals surface area (Å²) in [5.41, 5.74) is 2.83. The molecule has 1 fully saturated rings. The van der Waals surface area contributed by atoms with Crippen molar-refractivity contribution in [1.82, 2.24) is 0 Å². The van der Waals surface area contributed by atoms with Crippen LogP contribution in [0.3, 0.4) is 0 Å². The first-order valence-electron chi connectivity index (χ1n) is 11.9. The summed E-state index contributed by atoms with van der Waals surface area (Å²) in [5, 5.41) is -0.617. The van der Waals surface area contributed by atoms with Crippen LogP contribution in [0, 0.1) is 13.8 Å². The molecule has 11 heteroatoms. The molecule has 1 aliphatic rings. The Morgan fingerprint density at radius 2 is 1.34 bits per heavy atom. The molecular weight excluding hydrogens is 548 g/mol. The van der Waals surface area contributed by atoms with Crippen molar-refractivity contribution in [3.63, 3.8) is 0 Å². The van der Waals surface area contributed by atoms with Crippen LogP contribution in [0.4, 0.5) is 0 Å². The van der Waals surface area contributed by atoms with Gasteiger partial charge in [-0.05, 0) is 43.7 Å². The molecule has 1 heterocycles. The zero-order valence-electron chi connectivity index (χ0n) is 21.2. The van der Waals surface area contributed by atoms with E-state index in [-0.39, 0.29) is 16.4 Å². The molecule has 4 atom stereocenters. The molecule has 0 saturated carbocycles. The van der Waals surface area contributed by atoms with Crippen LogP contribution in [0.1, 0.15) is 16.7 Å². The molecule has 0 aliphatic carbocycles. The lowest BCUT2D eigenvalue weighted by Crippen LogP contribution is -2.37. The topological polar surface area (TPSA) is 105 Å². The van der Waals surface area contributed by atoms with E-state index in [0.29, 0.717) is 5.75 Å². The molecule has 4 rings (SSSR count). The fraction of sp³-hybridized carbons (Fsp3) is 0.333. The van der Waals surface area contributed by atoms with Crippen molar-refractivity contribution in [1.29, 1.82) is 0 Å². The smallest absolute Gasteiger partial charge is 0.297 e. The van der Waals surface area contributed by atoms with Gasteiger partial charge in [-0.3, -0.25) is 8.37 Å². The largest absolute Gasteiger partial charge is 0.353 e. The Morgan fingerprint density at radius 3 is 1.89 bits per heavy atom. The molecular formula is C27H30O8S3. The van der Waals surface area contributed by atoms with Gasteiger partial charge in [-0.1, -0.05) is 65.7 Å². The predicted octanol–water partition coefficient (Wildman–Crippen LogP) is 4.46. The van der Waals surface area contributed by atoms with Crippen molar-refractivity contribution in [3.8, 4) is 0 Å². The highest BCUT2D eigenvalue weighted by atomic mass is 32.2. The third-order valence-corrected chi connectivity index (χ3v) is 10.1. The van der Waals surface area contributed by atoms with E-state index in [1.165, 1.54) is 43.1 Å². The van der Waals surface area contributed by atoms with Crippen molar-refractivity contribution in [3.05, 3.63) is 95.6 Å². The summed E-state index contributed by atoms with van der Waals surface area (Å²) in [5.74, 6) is 0.511. The van der Waals surface area contributed by atoms with Gasteiger partial charge in [-0.15, -0.1) is 11.8 Å². The molecule has 3 aromatic rings. The van der Waals surface area contributed by atoms with Crippen LogP contribution in [0.25, 0.3) is 0 Å². The zero-order valence-corrected chi connectivity index (χ0v) is 23.7. The van der Waals surface area contributed by atoms with Crippen LogP contribution in [0.15, 0.2) is 88.7 Å². The minimum Gasteiger partial charge on any atom is -0.353 e. The van der Waals surface area contributed by atoms with Gasteiger partial charge in [0.25, 0.3) is 20.2 Å². The summed E-state index contributed by atoms with van der Waals surface area (Å²) in [6, 6.07) is 22.2. The van der Waals surface area contributed by atoms with Crippen molar-refractivity contribution in [2.75, 3.05) is 13.7 Å². The molecule has 38 heavy (non-hydrogen) atoms. The van der Waals surface area contributed by atoms with Crippen LogP contribution in [0.5, 0.6) is 0 Å². The standard InChI is InChI=1S/C27H30O8S3/c1-19-9-13-22(14-10-19)37(28,29)33-17-24-26(36-18-21-7-5-4-6-8-21)25(27(32-3)34-24)35-38(30,31)23-15-11-20(2)12-16-23/h4-16,24-27H,17-18H2,1-3H3. The molecule has 4 unspecified atom stereocenters. The Kier molecular flexibility index (Phi) is 9.30. The van der Waals surface area contributed by atoms with Gasteiger partial charge in [0.15, 0.2) is 6.29 Å². The Bertz CT molecular complexity index is 1410. The van der Waals surface area contributed by atoms with E-state index in [9.17, 15) is 16.8 Å². The highest BCUT2D eigenvalue weighted by Crippen LogP contribution is 2.37. The van der Waals surface area contributed by atoms with Gasteiger partial charge in [0.05, 0.1) is 21.6 Å². The number of aryl methyl sites for hydroxylation is 2. The molecule has 0 bridgehead atoms. The zero-order chi connectivity index (χ0) is 27.3. The van der Waals surface area contributed by atoms with Crippen molar-refractivity contribution < 1.29 is 34.7 Å². The second-order valence-electron chi connectivity index (χ2n) is 8.92.